The molecule has 360 valence electrons. The maximum atomic E-state index is 12.4. The number of aromatic amines is 1. The zero-order valence-corrected chi connectivity index (χ0v) is 40.5. The maximum absolute atomic E-state index is 12.4. The van der Waals surface area contributed by atoms with Crippen LogP contribution in [0, 0.1) is 52.8 Å². The molecular weight excluding hydrogens is 879 g/mol. The molecule has 10 N–H and O–H groups in total. The van der Waals surface area contributed by atoms with Crippen molar-refractivity contribution in [3.05, 3.63) is 118 Å². The van der Waals surface area contributed by atoms with E-state index >= 15 is 0 Å². The molecule has 0 unspecified atom stereocenters. The Kier molecular flexibility index (Phi) is 15.4. The predicted octanol–water partition coefficient (Wildman–Crippen LogP) is 7.87. The fourth-order valence-corrected chi connectivity index (χ4v) is 15.3. The molecule has 0 amide bonds. The first-order chi connectivity index (χ1) is 32.6. The lowest BCUT2D eigenvalue weighted by Gasteiger charge is -2.44. The first-order valence-electron chi connectivity index (χ1n) is 25.0. The molecule has 0 radical (unpaired) electrons. The maximum Gasteiger partial charge on any atom is 0.161 e. The molecule has 67 heavy (non-hydrogen) atoms. The van der Waals surface area contributed by atoms with E-state index in [-0.39, 0.29) is 59.7 Å². The number of hydrogen-bond acceptors (Lipinski definition) is 11. The summed E-state index contributed by atoms with van der Waals surface area (Å²) in [5, 5.41) is 73.3. The summed E-state index contributed by atoms with van der Waals surface area (Å²) in [7, 11) is 3.26. The van der Waals surface area contributed by atoms with Gasteiger partial charge in [-0.3, -0.25) is 0 Å². The number of fused-ring (bicyclic) bond motifs is 5. The van der Waals surface area contributed by atoms with Crippen molar-refractivity contribution >= 4 is 21.6 Å². The standard InChI is InChI=1S/C55H71N3O7S2/c1-2-33-21-37-24-48(62)50(65-51-25-38(22-41-11-8-19-57-41)42-16-20-58-54(56)46(42)32-67-66-31-39(29-59)53(51)64)27-44(37)45-26-49(63)52-35(23-43(33)45)15-18-55(17-7-6-12-47(52)61)28-36(13-14-40(55)30-60)34-9-4-3-5-10-34/h3-5,8-11,16,19,23-24,27,33,35-36,38-40,45,47,49,51-53,57-64H,2,6-7,12-14,17,20-22,25-26,28-32,56H2,1H3/t33-,35-,36-,38-,39-,40-,45-,47-,49+,51+,52+,53+,55+/m0/s1. The average molecular weight is 950 g/mol. The molecule has 3 heterocycles. The van der Waals surface area contributed by atoms with Crippen LogP contribution in [0.4, 0.5) is 0 Å². The van der Waals surface area contributed by atoms with Crippen LogP contribution in [0.3, 0.4) is 0 Å². The summed E-state index contributed by atoms with van der Waals surface area (Å²) < 4.78 is 6.92. The van der Waals surface area contributed by atoms with Gasteiger partial charge in [-0.05, 0) is 134 Å². The minimum atomic E-state index is -1.05. The monoisotopic (exact) mass is 949 g/mol. The van der Waals surface area contributed by atoms with Gasteiger partial charge in [0.1, 0.15) is 11.9 Å². The third-order valence-corrected chi connectivity index (χ3v) is 18.9. The van der Waals surface area contributed by atoms with Gasteiger partial charge in [-0.2, -0.15) is 0 Å². The van der Waals surface area contributed by atoms with Gasteiger partial charge in [0.05, 0.1) is 18.3 Å². The molecule has 1 spiro atoms. The Hall–Kier alpha value is -3.80. The van der Waals surface area contributed by atoms with Crippen LogP contribution < -0.4 is 15.8 Å². The number of nitrogens with two attached hydrogens (primary N) is 1. The van der Waals surface area contributed by atoms with Gasteiger partial charge in [0.15, 0.2) is 11.5 Å². The largest absolute Gasteiger partial charge is 0.504 e. The first-order valence-corrected chi connectivity index (χ1v) is 27.5. The molecule has 2 aromatic carbocycles. The summed E-state index contributed by atoms with van der Waals surface area (Å²) >= 11 is 0. The van der Waals surface area contributed by atoms with Crippen molar-refractivity contribution in [2.75, 3.05) is 31.3 Å². The van der Waals surface area contributed by atoms with Crippen LogP contribution in [-0.2, 0) is 12.8 Å². The van der Waals surface area contributed by atoms with E-state index in [1.54, 1.807) is 21.6 Å². The van der Waals surface area contributed by atoms with Gasteiger partial charge in [-0.25, -0.2) is 0 Å². The van der Waals surface area contributed by atoms with Crippen LogP contribution in [0.25, 0.3) is 0 Å². The van der Waals surface area contributed by atoms with Crippen LogP contribution in [0.15, 0.2) is 95.5 Å². The number of phenolic OH excluding ortho intramolecular Hbond substituents is 1. The van der Waals surface area contributed by atoms with E-state index in [1.807, 2.05) is 24.4 Å². The second kappa shape index (κ2) is 21.5. The lowest BCUT2D eigenvalue weighted by molar-refractivity contribution is -0.0214. The van der Waals surface area contributed by atoms with Gasteiger partial charge in [0, 0.05) is 77.8 Å². The Morgan fingerprint density at radius 2 is 1.79 bits per heavy atom. The van der Waals surface area contributed by atoms with Gasteiger partial charge < -0.3 is 51.4 Å². The van der Waals surface area contributed by atoms with E-state index < -0.39 is 36.3 Å². The van der Waals surface area contributed by atoms with Crippen molar-refractivity contribution in [3.63, 3.8) is 0 Å². The van der Waals surface area contributed by atoms with Crippen molar-refractivity contribution in [3.8, 4) is 23.3 Å². The van der Waals surface area contributed by atoms with Gasteiger partial charge in [0.2, 0.25) is 0 Å². The highest BCUT2D eigenvalue weighted by molar-refractivity contribution is 8.76. The molecule has 6 aliphatic rings. The smallest absolute Gasteiger partial charge is 0.161 e. The molecule has 1 saturated carbocycles. The third kappa shape index (κ3) is 10.3. The number of ether oxygens (including phenoxy) is 1. The van der Waals surface area contributed by atoms with Gasteiger partial charge in [0.25, 0.3) is 0 Å². The van der Waals surface area contributed by atoms with E-state index in [9.17, 15) is 30.6 Å². The number of aromatic hydroxyl groups is 1. The molecule has 4 aliphatic carbocycles. The third-order valence-electron chi connectivity index (χ3n) is 16.5. The quantitative estimate of drug-likeness (QED) is 0.0609. The van der Waals surface area contributed by atoms with Gasteiger partial charge >= 0.3 is 0 Å². The second-order valence-electron chi connectivity index (χ2n) is 20.4. The zero-order chi connectivity index (χ0) is 46.7. The van der Waals surface area contributed by atoms with Crippen LogP contribution in [0.1, 0.15) is 105 Å². The Bertz CT molecular complexity index is 2330. The fourth-order valence-electron chi connectivity index (χ4n) is 12.8. The van der Waals surface area contributed by atoms with E-state index in [2.05, 4.69) is 77.6 Å². The number of aliphatic hydroxyl groups excluding tert-OH is 5. The molecule has 2 aliphatic heterocycles. The summed E-state index contributed by atoms with van der Waals surface area (Å²) in [6, 6.07) is 18.5. The van der Waals surface area contributed by atoms with Crippen molar-refractivity contribution in [1.29, 1.82) is 0 Å². The number of benzene rings is 2. The van der Waals surface area contributed by atoms with Crippen molar-refractivity contribution in [2.24, 2.45) is 46.7 Å². The second-order valence-corrected chi connectivity index (χ2v) is 22.9. The molecule has 1 aromatic heterocycles. The number of allylic oxidation sites excluding steroid dienone is 3. The molecule has 2 fully saturated rings. The minimum Gasteiger partial charge on any atom is -0.504 e. The van der Waals surface area contributed by atoms with E-state index in [0.29, 0.717) is 61.9 Å². The molecule has 3 aromatic rings. The number of phenols is 1. The lowest BCUT2D eigenvalue weighted by Crippen LogP contribution is -2.42. The highest BCUT2D eigenvalue weighted by atomic mass is 33.1. The zero-order valence-electron chi connectivity index (χ0n) is 38.9. The minimum absolute atomic E-state index is 0.00511. The van der Waals surface area contributed by atoms with Gasteiger partial charge in [-0.15, -0.1) is 0 Å². The van der Waals surface area contributed by atoms with Crippen molar-refractivity contribution < 1.29 is 35.4 Å². The van der Waals surface area contributed by atoms with Crippen LogP contribution in [0.2, 0.25) is 0 Å². The molecule has 10 nitrogen and oxygen atoms in total. The van der Waals surface area contributed by atoms with Crippen LogP contribution in [0.5, 0.6) is 11.5 Å². The number of aliphatic hydroxyl groups is 5. The highest BCUT2D eigenvalue weighted by Gasteiger charge is 2.46. The Morgan fingerprint density at radius 1 is 0.940 bits per heavy atom. The van der Waals surface area contributed by atoms with E-state index in [1.165, 1.54) is 11.1 Å². The molecule has 9 rings (SSSR count). The molecule has 12 heteroatoms. The molecule has 13 atom stereocenters. The normalized spacial score (nSPS) is 34.8. The Balaban J connectivity index is 1.08. The number of dihydropyridines is 1. The SMILES string of the molecule is CC[C@H]1Cc2cc(O)c(O[C@@H]3C[C@H](Cc4ccc[nH]4)C4=CCNC(N)=C4CSSC[C@H](CO)[C@H]3O)cc2[C@H]2C[C@@H](O)[C@@H]3[C@@H](C#C[C@]4(CCCC[C@@H]3O)C[C@@H](c3ccccc3)CC[C@H]4CO)C=C12. The summed E-state index contributed by atoms with van der Waals surface area (Å²) in [6.07, 6.45) is 12.0. The summed E-state index contributed by atoms with van der Waals surface area (Å²) in [4.78, 5) is 3.37. The van der Waals surface area contributed by atoms with E-state index in [4.69, 9.17) is 10.5 Å². The number of hydrogen-bond donors (Lipinski definition) is 9. The van der Waals surface area contributed by atoms with Crippen molar-refractivity contribution in [1.82, 2.24) is 10.3 Å². The number of H-pyrrole nitrogens is 1. The van der Waals surface area contributed by atoms with Crippen LogP contribution >= 0.6 is 21.6 Å². The molecule has 1 saturated heterocycles. The van der Waals surface area contributed by atoms with E-state index in [0.717, 1.165) is 72.9 Å². The summed E-state index contributed by atoms with van der Waals surface area (Å²) in [5.41, 5.74) is 14.0. The average Bonchev–Trinajstić information content (AvgIpc) is 3.79. The number of aromatic nitrogens is 1. The van der Waals surface area contributed by atoms with Gasteiger partial charge in [-0.1, -0.05) is 101 Å². The first kappa shape index (κ1) is 48.2. The molecule has 0 bridgehead atoms. The fraction of sp³-hybridized carbons (Fsp3) is 0.564. The van der Waals surface area contributed by atoms with Crippen molar-refractivity contribution in [2.45, 2.75) is 120 Å². The summed E-state index contributed by atoms with van der Waals surface area (Å²) in [6.45, 7) is 2.65. The predicted molar refractivity (Wildman–Crippen MR) is 268 cm³/mol. The van der Waals surface area contributed by atoms with Crippen LogP contribution in [-0.4, -0.2) is 91.3 Å². The molecular formula is C55H71N3O7S2. The number of rotatable bonds is 8. The Labute approximate surface area is 404 Å². The topological polar surface area (TPSA) is 184 Å². The summed E-state index contributed by atoms with van der Waals surface area (Å²) in [5.74, 6) is 8.59. The Morgan fingerprint density at radius 3 is 2.57 bits per heavy atom. The number of nitrogens with one attached hydrogen (secondary N) is 2. The lowest BCUT2D eigenvalue weighted by atomic mass is 9.59. The highest BCUT2D eigenvalue weighted by Crippen LogP contribution is 2.53.